The first kappa shape index (κ1) is 8.50. The average Bonchev–Trinajstić information content (AvgIpc) is 2.37. The number of carboxylic acid groups (broad SMARTS) is 1. The van der Waals surface area contributed by atoms with Gasteiger partial charge in [0, 0.05) is 6.42 Å². The molecule has 0 spiro atoms. The number of aliphatic carboxylic acids is 1. The summed E-state index contributed by atoms with van der Waals surface area (Å²) in [6, 6.07) is 0. The van der Waals surface area contributed by atoms with Crippen LogP contribution in [0.2, 0.25) is 0 Å². The normalized spacial score (nSPS) is 43.0. The quantitative estimate of drug-likeness (QED) is 0.533. The highest BCUT2D eigenvalue weighted by atomic mass is 16.6. The maximum Gasteiger partial charge on any atom is 0.310 e. The lowest BCUT2D eigenvalue weighted by molar-refractivity contribution is -0.150. The van der Waals surface area contributed by atoms with Crippen LogP contribution >= 0.6 is 0 Å². The van der Waals surface area contributed by atoms with E-state index in [-0.39, 0.29) is 6.42 Å². The number of ether oxygens (including phenoxy) is 1. The Morgan fingerprint density at radius 1 is 1.46 bits per heavy atom. The Labute approximate surface area is 74.3 Å². The summed E-state index contributed by atoms with van der Waals surface area (Å²) in [4.78, 5) is 21.8. The van der Waals surface area contributed by atoms with Crippen molar-refractivity contribution in [2.75, 3.05) is 0 Å². The fourth-order valence-electron chi connectivity index (χ4n) is 2.04. The molecule has 0 radical (unpaired) electrons. The number of hydrogen-bond donors (Lipinski definition) is 2. The van der Waals surface area contributed by atoms with Crippen LogP contribution < -0.4 is 0 Å². The maximum atomic E-state index is 11.1. The van der Waals surface area contributed by atoms with Gasteiger partial charge in [-0.2, -0.15) is 0 Å². The molecule has 72 valence electrons. The molecule has 1 aliphatic carbocycles. The summed E-state index contributed by atoms with van der Waals surface area (Å²) in [5, 5.41) is 18.2. The molecular formula is C8H10O5. The van der Waals surface area contributed by atoms with Gasteiger partial charge in [0.1, 0.15) is 6.10 Å². The average molecular weight is 186 g/mol. The van der Waals surface area contributed by atoms with E-state index in [1.807, 2.05) is 0 Å². The van der Waals surface area contributed by atoms with Crippen LogP contribution in [0, 0.1) is 11.8 Å². The number of esters is 1. The highest BCUT2D eigenvalue weighted by Gasteiger charge is 2.50. The molecule has 4 atom stereocenters. The second-order valence-electron chi connectivity index (χ2n) is 3.57. The Morgan fingerprint density at radius 2 is 2.15 bits per heavy atom. The predicted molar refractivity (Wildman–Crippen MR) is 39.7 cm³/mol. The molecular weight excluding hydrogens is 176 g/mol. The minimum Gasteiger partial charge on any atom is -0.481 e. The molecule has 1 heterocycles. The molecule has 2 N–H and O–H groups in total. The fourth-order valence-corrected chi connectivity index (χ4v) is 2.04. The number of carboxylic acids is 1. The smallest absolute Gasteiger partial charge is 0.310 e. The van der Waals surface area contributed by atoms with E-state index in [2.05, 4.69) is 0 Å². The first-order valence-corrected chi connectivity index (χ1v) is 4.21. The van der Waals surface area contributed by atoms with Crippen LogP contribution in [0.15, 0.2) is 0 Å². The van der Waals surface area contributed by atoms with E-state index in [1.54, 1.807) is 0 Å². The number of carbonyl (C=O) groups is 2. The Morgan fingerprint density at radius 3 is 2.77 bits per heavy atom. The van der Waals surface area contributed by atoms with Gasteiger partial charge >= 0.3 is 11.9 Å². The molecule has 1 saturated heterocycles. The van der Waals surface area contributed by atoms with Crippen LogP contribution in [-0.2, 0) is 14.3 Å². The molecule has 4 unspecified atom stereocenters. The molecule has 1 saturated carbocycles. The lowest BCUT2D eigenvalue weighted by Crippen LogP contribution is -2.37. The Hall–Kier alpha value is -1.10. The lowest BCUT2D eigenvalue weighted by Gasteiger charge is -2.25. The molecule has 1 aliphatic heterocycles. The largest absolute Gasteiger partial charge is 0.481 e. The standard InChI is InChI=1S/C8H10O5/c9-5-1-3(7(10)11)4-2-6(5)13-8(4)12/h3-6,9H,1-2H2,(H,10,11). The highest BCUT2D eigenvalue weighted by Crippen LogP contribution is 2.38. The summed E-state index contributed by atoms with van der Waals surface area (Å²) in [6.07, 6.45) is -0.829. The van der Waals surface area contributed by atoms with Crippen molar-refractivity contribution in [1.82, 2.24) is 0 Å². The number of fused-ring (bicyclic) bond motifs is 2. The molecule has 2 aliphatic rings. The van der Waals surface area contributed by atoms with Gasteiger partial charge in [0.15, 0.2) is 0 Å². The van der Waals surface area contributed by atoms with E-state index >= 15 is 0 Å². The van der Waals surface area contributed by atoms with E-state index in [4.69, 9.17) is 9.84 Å². The minimum absolute atomic E-state index is 0.121. The number of hydrogen-bond acceptors (Lipinski definition) is 4. The third kappa shape index (κ3) is 1.19. The summed E-state index contributed by atoms with van der Waals surface area (Å²) >= 11 is 0. The van der Waals surface area contributed by atoms with Crippen LogP contribution in [0.3, 0.4) is 0 Å². The van der Waals surface area contributed by atoms with E-state index in [0.29, 0.717) is 6.42 Å². The third-order valence-electron chi connectivity index (χ3n) is 2.78. The van der Waals surface area contributed by atoms with Gasteiger partial charge in [0.2, 0.25) is 0 Å². The fraction of sp³-hybridized carbons (Fsp3) is 0.750. The van der Waals surface area contributed by atoms with Crippen molar-refractivity contribution in [3.63, 3.8) is 0 Å². The zero-order chi connectivity index (χ0) is 9.59. The summed E-state index contributed by atoms with van der Waals surface area (Å²) in [5.41, 5.74) is 0. The molecule has 5 nitrogen and oxygen atoms in total. The number of aliphatic hydroxyl groups is 1. The highest BCUT2D eigenvalue weighted by molar-refractivity contribution is 5.83. The van der Waals surface area contributed by atoms with Gasteiger partial charge in [0.05, 0.1) is 17.9 Å². The second-order valence-corrected chi connectivity index (χ2v) is 3.57. The van der Waals surface area contributed by atoms with Crippen molar-refractivity contribution >= 4 is 11.9 Å². The van der Waals surface area contributed by atoms with Crippen molar-refractivity contribution in [2.24, 2.45) is 11.8 Å². The van der Waals surface area contributed by atoms with Gasteiger partial charge < -0.3 is 14.9 Å². The van der Waals surface area contributed by atoms with Crippen LogP contribution in [0.25, 0.3) is 0 Å². The first-order valence-electron chi connectivity index (χ1n) is 4.21. The molecule has 5 heteroatoms. The molecule has 0 aromatic carbocycles. The maximum absolute atomic E-state index is 11.1. The monoisotopic (exact) mass is 186 g/mol. The van der Waals surface area contributed by atoms with Crippen LogP contribution in [-0.4, -0.2) is 34.4 Å². The molecule has 2 rings (SSSR count). The third-order valence-corrected chi connectivity index (χ3v) is 2.78. The second kappa shape index (κ2) is 2.70. The van der Waals surface area contributed by atoms with Crippen LogP contribution in [0.5, 0.6) is 0 Å². The molecule has 13 heavy (non-hydrogen) atoms. The zero-order valence-corrected chi connectivity index (χ0v) is 6.84. The molecule has 0 aromatic heterocycles. The zero-order valence-electron chi connectivity index (χ0n) is 6.84. The summed E-state index contributed by atoms with van der Waals surface area (Å²) in [5.74, 6) is -2.83. The Bertz CT molecular complexity index is 261. The van der Waals surface area contributed by atoms with Crippen molar-refractivity contribution < 1.29 is 24.5 Å². The van der Waals surface area contributed by atoms with Gasteiger partial charge in [0.25, 0.3) is 0 Å². The van der Waals surface area contributed by atoms with Crippen molar-refractivity contribution in [3.05, 3.63) is 0 Å². The Kier molecular flexibility index (Phi) is 1.76. The molecule has 2 bridgehead atoms. The van der Waals surface area contributed by atoms with Crippen LogP contribution in [0.1, 0.15) is 12.8 Å². The summed E-state index contributed by atoms with van der Waals surface area (Å²) in [7, 11) is 0. The number of aliphatic hydroxyl groups excluding tert-OH is 1. The molecule has 0 aromatic rings. The van der Waals surface area contributed by atoms with Gasteiger partial charge in [-0.25, -0.2) is 0 Å². The molecule has 2 fully saturated rings. The summed E-state index contributed by atoms with van der Waals surface area (Å²) in [6.45, 7) is 0. The van der Waals surface area contributed by atoms with Crippen molar-refractivity contribution in [2.45, 2.75) is 25.0 Å². The van der Waals surface area contributed by atoms with Gasteiger partial charge in [-0.3, -0.25) is 9.59 Å². The molecule has 0 amide bonds. The van der Waals surface area contributed by atoms with Crippen molar-refractivity contribution in [3.8, 4) is 0 Å². The van der Waals surface area contributed by atoms with E-state index < -0.39 is 36.0 Å². The lowest BCUT2D eigenvalue weighted by atomic mass is 9.79. The van der Waals surface area contributed by atoms with E-state index in [1.165, 1.54) is 0 Å². The van der Waals surface area contributed by atoms with Gasteiger partial charge in [-0.15, -0.1) is 0 Å². The van der Waals surface area contributed by atoms with Gasteiger partial charge in [-0.1, -0.05) is 0 Å². The summed E-state index contributed by atoms with van der Waals surface area (Å²) < 4.78 is 4.83. The number of rotatable bonds is 1. The van der Waals surface area contributed by atoms with E-state index in [0.717, 1.165) is 0 Å². The van der Waals surface area contributed by atoms with Crippen LogP contribution in [0.4, 0.5) is 0 Å². The van der Waals surface area contributed by atoms with Crippen molar-refractivity contribution in [1.29, 1.82) is 0 Å². The predicted octanol–water partition coefficient (Wildman–Crippen LogP) is -0.617. The Balaban J connectivity index is 2.22. The minimum atomic E-state index is -1.03. The SMILES string of the molecule is O=C(O)C1CC(O)C2CC1C(=O)O2. The van der Waals surface area contributed by atoms with Gasteiger partial charge in [-0.05, 0) is 6.42 Å². The number of carbonyl (C=O) groups excluding carboxylic acids is 1. The topological polar surface area (TPSA) is 83.8 Å². The first-order chi connectivity index (χ1) is 6.09. The van der Waals surface area contributed by atoms with E-state index in [9.17, 15) is 14.7 Å².